The number of hydrogen-bond acceptors (Lipinski definition) is 5. The molecule has 1 fully saturated rings. The molecule has 3 aromatic rings. The van der Waals surface area contributed by atoms with E-state index in [0.717, 1.165) is 30.6 Å². The number of morpholine rings is 1. The van der Waals surface area contributed by atoms with Crippen molar-refractivity contribution in [2.75, 3.05) is 32.8 Å². The number of amides is 1. The molecule has 1 atom stereocenters. The first-order valence-electron chi connectivity index (χ1n) is 10.4. The van der Waals surface area contributed by atoms with E-state index in [0.29, 0.717) is 30.7 Å². The summed E-state index contributed by atoms with van der Waals surface area (Å²) < 4.78 is 11.2. The average molecular weight is 406 g/mol. The SMILES string of the molecule is CCc1ccc2oc(C(=O)NCC(c3ccccc3)N3CCOCC3)cc(=O)c2c1. The lowest BCUT2D eigenvalue weighted by atomic mass is 10.0. The second kappa shape index (κ2) is 9.24. The van der Waals surface area contributed by atoms with Crippen LogP contribution in [0.25, 0.3) is 11.0 Å². The lowest BCUT2D eigenvalue weighted by molar-refractivity contribution is 0.0161. The number of ether oxygens (including phenoxy) is 1. The molecular weight excluding hydrogens is 380 g/mol. The third kappa shape index (κ3) is 4.45. The summed E-state index contributed by atoms with van der Waals surface area (Å²) in [5.74, 6) is -0.353. The van der Waals surface area contributed by atoms with Crippen LogP contribution in [0.5, 0.6) is 0 Å². The van der Waals surface area contributed by atoms with Crippen molar-refractivity contribution < 1.29 is 13.9 Å². The van der Waals surface area contributed by atoms with Crippen LogP contribution in [0.15, 0.2) is 63.8 Å². The molecule has 6 heteroatoms. The normalized spacial score (nSPS) is 15.8. The molecule has 2 aromatic carbocycles. The molecule has 1 aliphatic rings. The molecule has 1 aromatic heterocycles. The lowest BCUT2D eigenvalue weighted by Crippen LogP contribution is -2.43. The van der Waals surface area contributed by atoms with E-state index in [-0.39, 0.29) is 23.1 Å². The van der Waals surface area contributed by atoms with E-state index in [1.807, 2.05) is 37.3 Å². The van der Waals surface area contributed by atoms with E-state index in [1.54, 1.807) is 6.07 Å². The summed E-state index contributed by atoms with van der Waals surface area (Å²) in [5, 5.41) is 3.46. The minimum absolute atomic E-state index is 0.0262. The maximum atomic E-state index is 12.8. The van der Waals surface area contributed by atoms with Gasteiger partial charge in [-0.25, -0.2) is 0 Å². The van der Waals surface area contributed by atoms with Gasteiger partial charge in [0.2, 0.25) is 0 Å². The summed E-state index contributed by atoms with van der Waals surface area (Å²) in [6.07, 6.45) is 0.833. The van der Waals surface area contributed by atoms with E-state index < -0.39 is 0 Å². The van der Waals surface area contributed by atoms with E-state index in [1.165, 1.54) is 6.07 Å². The minimum atomic E-state index is -0.386. The van der Waals surface area contributed by atoms with Gasteiger partial charge in [0.15, 0.2) is 11.2 Å². The summed E-state index contributed by atoms with van der Waals surface area (Å²) in [6, 6.07) is 16.9. The molecule has 0 radical (unpaired) electrons. The van der Waals surface area contributed by atoms with Crippen LogP contribution >= 0.6 is 0 Å². The highest BCUT2D eigenvalue weighted by Gasteiger charge is 2.24. The second-order valence-corrected chi connectivity index (χ2v) is 7.44. The zero-order chi connectivity index (χ0) is 20.9. The number of fused-ring (bicyclic) bond motifs is 1. The van der Waals surface area contributed by atoms with Crippen molar-refractivity contribution >= 4 is 16.9 Å². The molecule has 0 spiro atoms. The average Bonchev–Trinajstić information content (AvgIpc) is 2.80. The fourth-order valence-electron chi connectivity index (χ4n) is 3.83. The van der Waals surface area contributed by atoms with Gasteiger partial charge in [0.1, 0.15) is 5.58 Å². The Morgan fingerprint density at radius 2 is 1.87 bits per heavy atom. The van der Waals surface area contributed by atoms with E-state index in [2.05, 4.69) is 22.3 Å². The largest absolute Gasteiger partial charge is 0.451 e. The molecule has 0 saturated carbocycles. The van der Waals surface area contributed by atoms with Crippen LogP contribution < -0.4 is 10.7 Å². The third-order valence-electron chi connectivity index (χ3n) is 5.55. The van der Waals surface area contributed by atoms with Crippen molar-refractivity contribution in [3.8, 4) is 0 Å². The zero-order valence-corrected chi connectivity index (χ0v) is 17.1. The molecule has 156 valence electrons. The third-order valence-corrected chi connectivity index (χ3v) is 5.55. The van der Waals surface area contributed by atoms with Gasteiger partial charge in [0.05, 0.1) is 24.6 Å². The zero-order valence-electron chi connectivity index (χ0n) is 17.1. The Bertz CT molecular complexity index is 1070. The van der Waals surface area contributed by atoms with Gasteiger partial charge in [0, 0.05) is 25.7 Å². The number of carbonyl (C=O) groups excluding carboxylic acids is 1. The molecular formula is C24H26N2O4. The molecule has 1 saturated heterocycles. The van der Waals surface area contributed by atoms with Crippen molar-refractivity contribution in [3.05, 3.63) is 81.7 Å². The first-order chi connectivity index (χ1) is 14.7. The number of nitrogens with one attached hydrogen (secondary N) is 1. The summed E-state index contributed by atoms with van der Waals surface area (Å²) in [6.45, 7) is 5.41. The lowest BCUT2D eigenvalue weighted by Gasteiger charge is -2.34. The van der Waals surface area contributed by atoms with E-state index >= 15 is 0 Å². The van der Waals surface area contributed by atoms with Crippen LogP contribution in [0.4, 0.5) is 0 Å². The highest BCUT2D eigenvalue weighted by molar-refractivity contribution is 5.93. The van der Waals surface area contributed by atoms with Crippen molar-refractivity contribution in [2.45, 2.75) is 19.4 Å². The molecule has 0 bridgehead atoms. The van der Waals surface area contributed by atoms with Gasteiger partial charge in [-0.1, -0.05) is 43.3 Å². The molecule has 6 nitrogen and oxygen atoms in total. The number of benzene rings is 2. The Kier molecular flexibility index (Phi) is 6.26. The fourth-order valence-corrected chi connectivity index (χ4v) is 3.83. The van der Waals surface area contributed by atoms with Crippen LogP contribution in [0.2, 0.25) is 0 Å². The number of hydrogen-bond donors (Lipinski definition) is 1. The smallest absolute Gasteiger partial charge is 0.287 e. The molecule has 1 aliphatic heterocycles. The van der Waals surface area contributed by atoms with Crippen molar-refractivity contribution in [2.24, 2.45) is 0 Å². The van der Waals surface area contributed by atoms with Crippen LogP contribution in [0, 0.1) is 0 Å². The Morgan fingerprint density at radius 1 is 1.10 bits per heavy atom. The monoisotopic (exact) mass is 406 g/mol. The summed E-state index contributed by atoms with van der Waals surface area (Å²) in [4.78, 5) is 27.6. The summed E-state index contributed by atoms with van der Waals surface area (Å²) >= 11 is 0. The quantitative estimate of drug-likeness (QED) is 0.681. The number of aryl methyl sites for hydroxylation is 1. The van der Waals surface area contributed by atoms with Crippen LogP contribution in [-0.4, -0.2) is 43.7 Å². The highest BCUT2D eigenvalue weighted by Crippen LogP contribution is 2.21. The topological polar surface area (TPSA) is 71.8 Å². The Labute approximate surface area is 175 Å². The Morgan fingerprint density at radius 3 is 2.60 bits per heavy atom. The van der Waals surface area contributed by atoms with Crippen LogP contribution in [-0.2, 0) is 11.2 Å². The fraction of sp³-hybridized carbons (Fsp3) is 0.333. The molecule has 4 rings (SSSR count). The van der Waals surface area contributed by atoms with Crippen LogP contribution in [0.3, 0.4) is 0 Å². The van der Waals surface area contributed by atoms with Gasteiger partial charge < -0.3 is 14.5 Å². The predicted molar refractivity (Wildman–Crippen MR) is 116 cm³/mol. The maximum Gasteiger partial charge on any atom is 0.287 e. The van der Waals surface area contributed by atoms with Crippen molar-refractivity contribution in [1.29, 1.82) is 0 Å². The number of nitrogens with zero attached hydrogens (tertiary/aromatic N) is 1. The summed E-state index contributed by atoms with van der Waals surface area (Å²) in [5.41, 5.74) is 2.41. The first-order valence-corrected chi connectivity index (χ1v) is 10.4. The molecule has 0 aliphatic carbocycles. The van der Waals surface area contributed by atoms with Gasteiger partial charge in [0.25, 0.3) is 5.91 Å². The Hall–Kier alpha value is -2.96. The second-order valence-electron chi connectivity index (χ2n) is 7.44. The molecule has 1 unspecified atom stereocenters. The van der Waals surface area contributed by atoms with Crippen molar-refractivity contribution in [3.63, 3.8) is 0 Å². The van der Waals surface area contributed by atoms with Crippen LogP contribution in [0.1, 0.15) is 34.6 Å². The van der Waals surface area contributed by atoms with Gasteiger partial charge in [-0.05, 0) is 29.7 Å². The van der Waals surface area contributed by atoms with Gasteiger partial charge in [-0.15, -0.1) is 0 Å². The van der Waals surface area contributed by atoms with Crippen molar-refractivity contribution in [1.82, 2.24) is 10.2 Å². The standard InChI is InChI=1S/C24H26N2O4/c1-2-17-8-9-22-19(14-17)21(27)15-23(30-22)24(28)25-16-20(18-6-4-3-5-7-18)26-10-12-29-13-11-26/h3-9,14-15,20H,2,10-13,16H2,1H3,(H,25,28). The minimum Gasteiger partial charge on any atom is -0.451 e. The molecule has 1 N–H and O–H groups in total. The Balaban J connectivity index is 1.54. The maximum absolute atomic E-state index is 12.8. The van der Waals surface area contributed by atoms with Gasteiger partial charge in [-0.2, -0.15) is 0 Å². The molecule has 2 heterocycles. The number of carbonyl (C=O) groups is 1. The highest BCUT2D eigenvalue weighted by atomic mass is 16.5. The summed E-state index contributed by atoms with van der Waals surface area (Å²) in [7, 11) is 0. The predicted octanol–water partition coefficient (Wildman–Crippen LogP) is 3.16. The van der Waals surface area contributed by atoms with Gasteiger partial charge in [-0.3, -0.25) is 14.5 Å². The molecule has 1 amide bonds. The van der Waals surface area contributed by atoms with E-state index in [9.17, 15) is 9.59 Å². The first kappa shape index (κ1) is 20.3. The van der Waals surface area contributed by atoms with Gasteiger partial charge >= 0.3 is 0 Å². The van der Waals surface area contributed by atoms with E-state index in [4.69, 9.17) is 9.15 Å². The molecule has 30 heavy (non-hydrogen) atoms. The number of rotatable bonds is 6.